The number of nitrogens with zero attached hydrogens (tertiary/aromatic N) is 5. The Morgan fingerprint density at radius 1 is 1.05 bits per heavy atom. The molecule has 0 atom stereocenters. The molecular weight excluding hydrogens is 515 g/mol. The van der Waals surface area contributed by atoms with Crippen LogP contribution in [-0.2, 0) is 4.79 Å². The second-order valence-corrected chi connectivity index (χ2v) is 10.5. The minimum absolute atomic E-state index is 0.00455. The van der Waals surface area contributed by atoms with Crippen LogP contribution in [0.1, 0.15) is 32.1 Å². The first-order chi connectivity index (χ1) is 19.2. The van der Waals surface area contributed by atoms with Crippen LogP contribution in [0.4, 0.5) is 10.1 Å². The zero-order chi connectivity index (χ0) is 26.3. The number of aromatic amines is 2. The van der Waals surface area contributed by atoms with Crippen molar-refractivity contribution in [1.29, 1.82) is 0 Å². The summed E-state index contributed by atoms with van der Waals surface area (Å²) in [5.41, 5.74) is 5.07. The molecule has 0 unspecified atom stereocenters. The molecule has 6 aromatic rings. The number of aromatic nitrogens is 7. The Hall–Kier alpha value is -4.51. The molecule has 0 bridgehead atoms. The van der Waals surface area contributed by atoms with Gasteiger partial charge in [0.25, 0.3) is 0 Å². The summed E-state index contributed by atoms with van der Waals surface area (Å²) in [6.07, 6.45) is 11.4. The van der Waals surface area contributed by atoms with Crippen LogP contribution in [0.25, 0.3) is 56.0 Å². The molecule has 1 saturated carbocycles. The van der Waals surface area contributed by atoms with Gasteiger partial charge in [0.1, 0.15) is 17.0 Å². The molecule has 0 aromatic carbocycles. The van der Waals surface area contributed by atoms with Crippen molar-refractivity contribution in [2.45, 2.75) is 32.1 Å². The van der Waals surface area contributed by atoms with E-state index in [2.05, 4.69) is 35.5 Å². The number of halogens is 1. The van der Waals surface area contributed by atoms with E-state index in [1.54, 1.807) is 36.0 Å². The molecule has 6 aromatic heterocycles. The smallest absolute Gasteiger partial charge is 0.227 e. The Morgan fingerprint density at radius 2 is 1.95 bits per heavy atom. The summed E-state index contributed by atoms with van der Waals surface area (Å²) in [5, 5.41) is 14.3. The first-order valence-corrected chi connectivity index (χ1v) is 13.8. The summed E-state index contributed by atoms with van der Waals surface area (Å²) < 4.78 is 16.1. The molecule has 9 nitrogen and oxygen atoms in total. The monoisotopic (exact) mass is 538 g/mol. The lowest BCUT2D eigenvalue weighted by molar-refractivity contribution is -0.120. The van der Waals surface area contributed by atoms with Gasteiger partial charge in [-0.05, 0) is 36.4 Å². The Balaban J connectivity index is 1.26. The first kappa shape index (κ1) is 23.6. The molecule has 39 heavy (non-hydrogen) atoms. The molecule has 0 spiro atoms. The van der Waals surface area contributed by atoms with Crippen LogP contribution in [0.15, 0.2) is 53.7 Å². The quantitative estimate of drug-likeness (QED) is 0.235. The number of carbonyl (C=O) groups is 1. The van der Waals surface area contributed by atoms with Crippen molar-refractivity contribution in [2.24, 2.45) is 5.92 Å². The number of thiophene rings is 1. The minimum atomic E-state index is -0.502. The fourth-order valence-electron chi connectivity index (χ4n) is 5.25. The fourth-order valence-corrected chi connectivity index (χ4v) is 5.89. The standard InChI is InChI=1S/C28H23FN8OS/c29-22-19(17-10-18(12-30-11-17)33-28(38)15-4-2-1-3-5-15)13-32-26-21(22)25(36-37-26)27-34-20-6-8-31-23(24(20)35-27)16-7-9-39-14-16/h6-15H,1-5H2,(H,33,38)(H,34,35)(H,32,36,37). The molecular formula is C28H23FN8OS. The van der Waals surface area contributed by atoms with E-state index in [0.29, 0.717) is 33.9 Å². The second kappa shape index (κ2) is 9.66. The van der Waals surface area contributed by atoms with Crippen molar-refractivity contribution in [3.63, 3.8) is 0 Å². The maximum atomic E-state index is 16.1. The van der Waals surface area contributed by atoms with Crippen LogP contribution in [0.3, 0.4) is 0 Å². The third-order valence-electron chi connectivity index (χ3n) is 7.24. The maximum absolute atomic E-state index is 16.1. The summed E-state index contributed by atoms with van der Waals surface area (Å²) >= 11 is 1.58. The van der Waals surface area contributed by atoms with Crippen LogP contribution in [0, 0.1) is 11.7 Å². The Labute approximate surface area is 226 Å². The molecule has 11 heteroatoms. The lowest BCUT2D eigenvalue weighted by Gasteiger charge is -2.20. The number of hydrogen-bond donors (Lipinski definition) is 3. The van der Waals surface area contributed by atoms with E-state index in [1.165, 1.54) is 12.6 Å². The maximum Gasteiger partial charge on any atom is 0.227 e. The van der Waals surface area contributed by atoms with Gasteiger partial charge >= 0.3 is 0 Å². The third kappa shape index (κ3) is 4.24. The molecule has 1 fully saturated rings. The van der Waals surface area contributed by atoms with Crippen molar-refractivity contribution in [1.82, 2.24) is 35.1 Å². The lowest BCUT2D eigenvalue weighted by Crippen LogP contribution is -2.24. The van der Waals surface area contributed by atoms with Gasteiger partial charge in [-0.25, -0.2) is 14.4 Å². The number of carbonyl (C=O) groups excluding carboxylic acids is 1. The van der Waals surface area contributed by atoms with E-state index in [9.17, 15) is 4.79 Å². The van der Waals surface area contributed by atoms with Crippen molar-refractivity contribution < 1.29 is 9.18 Å². The van der Waals surface area contributed by atoms with E-state index >= 15 is 4.39 Å². The molecule has 1 amide bonds. The van der Waals surface area contributed by atoms with Gasteiger partial charge in [-0.2, -0.15) is 16.4 Å². The van der Waals surface area contributed by atoms with Crippen LogP contribution in [-0.4, -0.2) is 41.0 Å². The molecule has 1 aliphatic carbocycles. The Morgan fingerprint density at radius 3 is 2.79 bits per heavy atom. The number of H-pyrrole nitrogens is 2. The molecule has 194 valence electrons. The predicted octanol–water partition coefficient (Wildman–Crippen LogP) is 6.34. The average Bonchev–Trinajstić information content (AvgIpc) is 3.73. The van der Waals surface area contributed by atoms with E-state index < -0.39 is 5.82 Å². The molecule has 1 aliphatic rings. The summed E-state index contributed by atoms with van der Waals surface area (Å²) in [4.78, 5) is 33.9. The molecule has 0 aliphatic heterocycles. The summed E-state index contributed by atoms with van der Waals surface area (Å²) in [5.74, 6) is -0.103. The van der Waals surface area contributed by atoms with Crippen molar-refractivity contribution in [3.8, 4) is 33.9 Å². The zero-order valence-corrected chi connectivity index (χ0v) is 21.6. The number of imidazole rings is 1. The highest BCUT2D eigenvalue weighted by atomic mass is 32.1. The molecule has 0 radical (unpaired) electrons. The Bertz CT molecular complexity index is 1820. The SMILES string of the molecule is O=C(Nc1cncc(-c2cnc3[nH]nc(-c4nc5c(-c6ccsc6)nccc5[nH]4)c3c2F)c1)C1CCCCC1. The number of fused-ring (bicyclic) bond motifs is 2. The number of hydrogen-bond acceptors (Lipinski definition) is 7. The molecule has 6 heterocycles. The number of rotatable bonds is 5. The van der Waals surface area contributed by atoms with Crippen LogP contribution >= 0.6 is 11.3 Å². The largest absolute Gasteiger partial charge is 0.336 e. The van der Waals surface area contributed by atoms with Gasteiger partial charge < -0.3 is 10.3 Å². The predicted molar refractivity (Wildman–Crippen MR) is 148 cm³/mol. The molecule has 3 N–H and O–H groups in total. The summed E-state index contributed by atoms with van der Waals surface area (Å²) in [6.45, 7) is 0. The van der Waals surface area contributed by atoms with Gasteiger partial charge in [0.05, 0.1) is 28.5 Å². The van der Waals surface area contributed by atoms with Crippen molar-refractivity contribution in [2.75, 3.05) is 5.32 Å². The van der Waals surface area contributed by atoms with E-state index in [-0.39, 0.29) is 22.8 Å². The highest BCUT2D eigenvalue weighted by Crippen LogP contribution is 2.35. The van der Waals surface area contributed by atoms with Gasteiger partial charge in [0, 0.05) is 46.6 Å². The van der Waals surface area contributed by atoms with E-state index in [4.69, 9.17) is 4.98 Å². The second-order valence-electron chi connectivity index (χ2n) is 9.72. The van der Waals surface area contributed by atoms with Crippen LogP contribution in [0.2, 0.25) is 0 Å². The number of amides is 1. The van der Waals surface area contributed by atoms with Crippen molar-refractivity contribution in [3.05, 3.63) is 59.6 Å². The van der Waals surface area contributed by atoms with Gasteiger partial charge in [-0.15, -0.1) is 0 Å². The third-order valence-corrected chi connectivity index (χ3v) is 7.92. The van der Waals surface area contributed by atoms with Crippen LogP contribution in [0.5, 0.6) is 0 Å². The molecule has 7 rings (SSSR count). The summed E-state index contributed by atoms with van der Waals surface area (Å²) in [7, 11) is 0. The van der Waals surface area contributed by atoms with Crippen LogP contribution < -0.4 is 5.32 Å². The lowest BCUT2D eigenvalue weighted by atomic mass is 9.88. The minimum Gasteiger partial charge on any atom is -0.336 e. The zero-order valence-electron chi connectivity index (χ0n) is 20.7. The van der Waals surface area contributed by atoms with E-state index in [1.807, 2.05) is 22.9 Å². The van der Waals surface area contributed by atoms with Gasteiger partial charge in [-0.1, -0.05) is 19.3 Å². The van der Waals surface area contributed by atoms with Crippen molar-refractivity contribution >= 4 is 45.0 Å². The number of anilines is 1. The highest BCUT2D eigenvalue weighted by Gasteiger charge is 2.23. The number of nitrogens with one attached hydrogen (secondary N) is 3. The normalized spacial score (nSPS) is 14.3. The topological polar surface area (TPSA) is 125 Å². The average molecular weight is 539 g/mol. The fraction of sp³-hybridized carbons (Fsp3) is 0.214. The highest BCUT2D eigenvalue weighted by molar-refractivity contribution is 7.08. The summed E-state index contributed by atoms with van der Waals surface area (Å²) in [6, 6.07) is 5.54. The van der Waals surface area contributed by atoms with Gasteiger partial charge in [-0.3, -0.25) is 19.9 Å². The molecule has 0 saturated heterocycles. The Kier molecular flexibility index (Phi) is 5.85. The van der Waals surface area contributed by atoms with Gasteiger partial charge in [0.2, 0.25) is 5.91 Å². The van der Waals surface area contributed by atoms with E-state index in [0.717, 1.165) is 42.5 Å². The number of pyridine rings is 3. The first-order valence-electron chi connectivity index (χ1n) is 12.8. The van der Waals surface area contributed by atoms with Gasteiger partial charge in [0.15, 0.2) is 11.5 Å².